The number of aliphatic hydroxyl groups is 1. The molecule has 1 unspecified atom stereocenters. The summed E-state index contributed by atoms with van der Waals surface area (Å²) in [7, 11) is 0. The lowest BCUT2D eigenvalue weighted by atomic mass is 10.0. The molecule has 172 valence electrons. The quantitative estimate of drug-likeness (QED) is 0.196. The third-order valence-electron chi connectivity index (χ3n) is 6.42. The Bertz CT molecular complexity index is 381. The van der Waals surface area contributed by atoms with Gasteiger partial charge in [0, 0.05) is 13.0 Å². The summed E-state index contributed by atoms with van der Waals surface area (Å²) in [5.74, 6) is 1.13. The largest absolute Gasteiger partial charge is 0.374 e. The van der Waals surface area contributed by atoms with E-state index in [9.17, 15) is 5.11 Å². The highest BCUT2D eigenvalue weighted by atomic mass is 16.3. The fraction of sp³-hybridized carbons (Fsp3) is 0.962. The molecule has 0 aromatic carbocycles. The lowest BCUT2D eigenvalue weighted by Gasteiger charge is -2.23. The van der Waals surface area contributed by atoms with E-state index in [1.165, 1.54) is 122 Å². The summed E-state index contributed by atoms with van der Waals surface area (Å²) in [6, 6.07) is 0. The predicted molar refractivity (Wildman–Crippen MR) is 129 cm³/mol. The second-order valence-electron chi connectivity index (χ2n) is 9.24. The van der Waals surface area contributed by atoms with Gasteiger partial charge in [0.05, 0.1) is 6.54 Å². The molecule has 0 bridgehead atoms. The molecule has 1 atom stereocenters. The van der Waals surface area contributed by atoms with E-state index in [1.54, 1.807) is 0 Å². The van der Waals surface area contributed by atoms with Gasteiger partial charge in [-0.2, -0.15) is 0 Å². The minimum Gasteiger partial charge on any atom is -0.374 e. The molecule has 1 rings (SSSR count). The van der Waals surface area contributed by atoms with Crippen LogP contribution in [0.4, 0.5) is 0 Å². The van der Waals surface area contributed by atoms with Crippen LogP contribution in [0, 0.1) is 0 Å². The van der Waals surface area contributed by atoms with Crippen molar-refractivity contribution in [2.24, 2.45) is 4.99 Å². The Kier molecular flexibility index (Phi) is 17.7. The molecule has 0 aromatic heterocycles. The third kappa shape index (κ3) is 15.0. The van der Waals surface area contributed by atoms with E-state index < -0.39 is 0 Å². The second-order valence-corrected chi connectivity index (χ2v) is 9.24. The van der Waals surface area contributed by atoms with Gasteiger partial charge in [-0.3, -0.25) is 4.99 Å². The van der Waals surface area contributed by atoms with Crippen molar-refractivity contribution in [2.45, 2.75) is 148 Å². The molecule has 0 amide bonds. The molecular formula is C26H52N2O. The van der Waals surface area contributed by atoms with E-state index in [0.29, 0.717) is 0 Å². The molecule has 0 spiro atoms. The normalized spacial score (nSPS) is 15.1. The van der Waals surface area contributed by atoms with Crippen LogP contribution in [-0.2, 0) is 0 Å². The van der Waals surface area contributed by atoms with Crippen molar-refractivity contribution in [3.05, 3.63) is 0 Å². The minimum absolute atomic E-state index is 0.378. The number of aliphatic imine (C=N–C) groups is 1. The van der Waals surface area contributed by atoms with Gasteiger partial charge >= 0.3 is 0 Å². The molecule has 1 aliphatic heterocycles. The van der Waals surface area contributed by atoms with Gasteiger partial charge in [-0.25, -0.2) is 0 Å². The number of amidine groups is 1. The summed E-state index contributed by atoms with van der Waals surface area (Å²) in [5.41, 5.74) is 0. The molecule has 3 heteroatoms. The number of hydrogen-bond acceptors (Lipinski definition) is 3. The first-order valence-corrected chi connectivity index (χ1v) is 13.2. The van der Waals surface area contributed by atoms with E-state index in [-0.39, 0.29) is 6.23 Å². The maximum absolute atomic E-state index is 9.73. The van der Waals surface area contributed by atoms with Crippen LogP contribution >= 0.6 is 0 Å². The number of unbranched alkanes of at least 4 members (excludes halogenated alkanes) is 18. The van der Waals surface area contributed by atoms with Gasteiger partial charge in [-0.1, -0.05) is 122 Å². The van der Waals surface area contributed by atoms with Gasteiger partial charge in [-0.05, 0) is 13.3 Å². The molecule has 0 fully saturated rings. The van der Waals surface area contributed by atoms with Crippen LogP contribution in [0.1, 0.15) is 142 Å². The highest BCUT2D eigenvalue weighted by Crippen LogP contribution is 2.16. The topological polar surface area (TPSA) is 35.8 Å². The molecule has 1 N–H and O–H groups in total. The first-order valence-electron chi connectivity index (χ1n) is 13.2. The summed E-state index contributed by atoms with van der Waals surface area (Å²) in [6.07, 6.45) is 27.7. The fourth-order valence-electron chi connectivity index (χ4n) is 4.49. The number of nitrogens with zero attached hydrogens (tertiary/aromatic N) is 2. The molecule has 0 aromatic rings. The van der Waals surface area contributed by atoms with E-state index in [4.69, 9.17) is 0 Å². The third-order valence-corrected chi connectivity index (χ3v) is 6.42. The lowest BCUT2D eigenvalue weighted by Crippen LogP contribution is -2.35. The summed E-state index contributed by atoms with van der Waals surface area (Å²) < 4.78 is 0. The molecule has 0 saturated heterocycles. The Morgan fingerprint density at radius 2 is 1.07 bits per heavy atom. The summed E-state index contributed by atoms with van der Waals surface area (Å²) >= 11 is 0. The molecule has 0 saturated carbocycles. The first-order chi connectivity index (χ1) is 14.3. The van der Waals surface area contributed by atoms with Crippen molar-refractivity contribution in [3.63, 3.8) is 0 Å². The highest BCUT2D eigenvalue weighted by molar-refractivity contribution is 5.83. The van der Waals surface area contributed by atoms with Crippen molar-refractivity contribution in [3.8, 4) is 0 Å². The molecule has 0 radical (unpaired) electrons. The van der Waals surface area contributed by atoms with Crippen molar-refractivity contribution in [1.29, 1.82) is 0 Å². The zero-order valence-electron chi connectivity index (χ0n) is 20.0. The Balaban J connectivity index is 1.72. The van der Waals surface area contributed by atoms with Crippen molar-refractivity contribution < 1.29 is 5.11 Å². The second kappa shape index (κ2) is 19.4. The lowest BCUT2D eigenvalue weighted by molar-refractivity contribution is 0.0766. The van der Waals surface area contributed by atoms with Crippen molar-refractivity contribution >= 4 is 5.84 Å². The summed E-state index contributed by atoms with van der Waals surface area (Å²) in [5, 5.41) is 9.73. The number of hydrogen-bond donors (Lipinski definition) is 1. The first kappa shape index (κ1) is 26.5. The minimum atomic E-state index is -0.378. The van der Waals surface area contributed by atoms with E-state index in [0.717, 1.165) is 25.3 Å². The van der Waals surface area contributed by atoms with Crippen LogP contribution in [-0.4, -0.2) is 35.2 Å². The van der Waals surface area contributed by atoms with E-state index in [2.05, 4.69) is 16.8 Å². The zero-order chi connectivity index (χ0) is 21.0. The van der Waals surface area contributed by atoms with Crippen LogP contribution in [0.2, 0.25) is 0 Å². The fourth-order valence-corrected chi connectivity index (χ4v) is 4.49. The Morgan fingerprint density at radius 3 is 1.45 bits per heavy atom. The number of aliphatic hydroxyl groups excluding tert-OH is 1. The zero-order valence-corrected chi connectivity index (χ0v) is 20.0. The Hall–Kier alpha value is -0.570. The summed E-state index contributed by atoms with van der Waals surface area (Å²) in [6.45, 7) is 5.89. The van der Waals surface area contributed by atoms with Gasteiger partial charge < -0.3 is 10.0 Å². The molecule has 0 aliphatic carbocycles. The molecule has 3 nitrogen and oxygen atoms in total. The molecule has 1 aliphatic rings. The van der Waals surface area contributed by atoms with Gasteiger partial charge in [0.2, 0.25) is 0 Å². The van der Waals surface area contributed by atoms with Crippen LogP contribution in [0.5, 0.6) is 0 Å². The van der Waals surface area contributed by atoms with Crippen molar-refractivity contribution in [2.75, 3.05) is 13.1 Å². The van der Waals surface area contributed by atoms with Gasteiger partial charge in [-0.15, -0.1) is 0 Å². The summed E-state index contributed by atoms with van der Waals surface area (Å²) in [4.78, 5) is 6.59. The Morgan fingerprint density at radius 1 is 0.690 bits per heavy atom. The van der Waals surface area contributed by atoms with Crippen LogP contribution in [0.3, 0.4) is 0 Å². The van der Waals surface area contributed by atoms with E-state index in [1.807, 2.05) is 6.92 Å². The molecular weight excluding hydrogens is 356 g/mol. The highest BCUT2D eigenvalue weighted by Gasteiger charge is 2.19. The van der Waals surface area contributed by atoms with Gasteiger partial charge in [0.15, 0.2) is 0 Å². The van der Waals surface area contributed by atoms with Crippen LogP contribution in [0.15, 0.2) is 4.99 Å². The maximum atomic E-state index is 9.73. The molecule has 1 heterocycles. The smallest absolute Gasteiger partial charge is 0.125 e. The van der Waals surface area contributed by atoms with E-state index >= 15 is 0 Å². The maximum Gasteiger partial charge on any atom is 0.125 e. The average molecular weight is 409 g/mol. The Labute approximate surface area is 182 Å². The number of rotatable bonds is 21. The molecule has 29 heavy (non-hydrogen) atoms. The van der Waals surface area contributed by atoms with Crippen molar-refractivity contribution in [1.82, 2.24) is 4.90 Å². The standard InChI is InChI=1S/C26H52N2O/c1-3-4-5-6-7-8-9-10-11-12-13-14-15-16-17-18-19-20-21-22-26-27-23-24-28(26)25(2)29/h25,29H,3-24H2,1-2H3. The average Bonchev–Trinajstić information content (AvgIpc) is 3.18. The SMILES string of the molecule is CCCCCCCCCCCCCCCCCCCCCC1=NCCN1C(C)O. The van der Waals surface area contributed by atoms with Gasteiger partial charge in [0.25, 0.3) is 0 Å². The van der Waals surface area contributed by atoms with Gasteiger partial charge in [0.1, 0.15) is 12.1 Å². The van der Waals surface area contributed by atoms with Crippen LogP contribution in [0.25, 0.3) is 0 Å². The van der Waals surface area contributed by atoms with Crippen LogP contribution < -0.4 is 0 Å². The monoisotopic (exact) mass is 408 g/mol. The predicted octanol–water partition coefficient (Wildman–Crippen LogP) is 7.86.